The molecule has 0 radical (unpaired) electrons. The second-order valence-electron chi connectivity index (χ2n) is 5.94. The number of hydrogen-bond acceptors (Lipinski definition) is 4. The van der Waals surface area contributed by atoms with Crippen molar-refractivity contribution in [3.05, 3.63) is 23.8 Å². The van der Waals surface area contributed by atoms with Crippen LogP contribution in [0.25, 0.3) is 0 Å². The van der Waals surface area contributed by atoms with Gasteiger partial charge in [0.2, 0.25) is 5.91 Å². The summed E-state index contributed by atoms with van der Waals surface area (Å²) in [5, 5.41) is 0. The van der Waals surface area contributed by atoms with E-state index in [2.05, 4.69) is 16.8 Å². The zero-order valence-electron chi connectivity index (χ0n) is 12.8. The van der Waals surface area contributed by atoms with Crippen molar-refractivity contribution in [1.82, 2.24) is 9.80 Å². The standard InChI is InChI=1S/C16H23N3O2/c1-13-3-4-15-14(11-13)19(9-10-21-15)16(20)12-18-7-5-17(2)6-8-18/h3-4,11H,5-10,12H2,1-2H3. The molecular formula is C16H23N3O2. The first-order valence-corrected chi connectivity index (χ1v) is 7.58. The lowest BCUT2D eigenvalue weighted by Crippen LogP contribution is -2.50. The van der Waals surface area contributed by atoms with E-state index in [1.54, 1.807) is 0 Å². The van der Waals surface area contributed by atoms with E-state index >= 15 is 0 Å². The van der Waals surface area contributed by atoms with Gasteiger partial charge in [0, 0.05) is 26.2 Å². The van der Waals surface area contributed by atoms with Crippen LogP contribution in [0.5, 0.6) is 5.75 Å². The molecule has 3 rings (SSSR count). The Morgan fingerprint density at radius 1 is 1.19 bits per heavy atom. The third kappa shape index (κ3) is 3.19. The SMILES string of the molecule is Cc1ccc2c(c1)N(C(=O)CN1CCN(C)CC1)CCO2. The van der Waals surface area contributed by atoms with Crippen molar-refractivity contribution in [1.29, 1.82) is 0 Å². The van der Waals surface area contributed by atoms with Gasteiger partial charge in [0.1, 0.15) is 12.4 Å². The van der Waals surface area contributed by atoms with Crippen molar-refractivity contribution in [2.24, 2.45) is 0 Å². The fourth-order valence-electron chi connectivity index (χ4n) is 2.87. The van der Waals surface area contributed by atoms with Crippen LogP contribution < -0.4 is 9.64 Å². The number of amides is 1. The van der Waals surface area contributed by atoms with Crippen LogP contribution in [0.4, 0.5) is 5.69 Å². The van der Waals surface area contributed by atoms with Crippen molar-refractivity contribution in [2.45, 2.75) is 6.92 Å². The monoisotopic (exact) mass is 289 g/mol. The maximum atomic E-state index is 12.6. The number of carbonyl (C=O) groups is 1. The highest BCUT2D eigenvalue weighted by atomic mass is 16.5. The summed E-state index contributed by atoms with van der Waals surface area (Å²) in [6.07, 6.45) is 0. The molecular weight excluding hydrogens is 266 g/mol. The smallest absolute Gasteiger partial charge is 0.241 e. The highest BCUT2D eigenvalue weighted by Crippen LogP contribution is 2.32. The first kappa shape index (κ1) is 14.4. The largest absolute Gasteiger partial charge is 0.490 e. The molecule has 0 N–H and O–H groups in total. The topological polar surface area (TPSA) is 36.0 Å². The van der Waals surface area contributed by atoms with E-state index in [0.29, 0.717) is 19.7 Å². The van der Waals surface area contributed by atoms with Crippen LogP contribution in [0, 0.1) is 6.92 Å². The Morgan fingerprint density at radius 2 is 1.95 bits per heavy atom. The molecule has 5 nitrogen and oxygen atoms in total. The van der Waals surface area contributed by atoms with Gasteiger partial charge in [-0.2, -0.15) is 0 Å². The molecule has 21 heavy (non-hydrogen) atoms. The van der Waals surface area contributed by atoms with Crippen LogP contribution >= 0.6 is 0 Å². The van der Waals surface area contributed by atoms with Crippen molar-refractivity contribution < 1.29 is 9.53 Å². The summed E-state index contributed by atoms with van der Waals surface area (Å²) in [6, 6.07) is 6.02. The Kier molecular flexibility index (Phi) is 4.12. The van der Waals surface area contributed by atoms with Gasteiger partial charge >= 0.3 is 0 Å². The lowest BCUT2D eigenvalue weighted by molar-refractivity contribution is -0.120. The van der Waals surface area contributed by atoms with Crippen LogP contribution in [-0.2, 0) is 4.79 Å². The molecule has 0 saturated carbocycles. The van der Waals surface area contributed by atoms with Gasteiger partial charge in [0.15, 0.2) is 0 Å². The second kappa shape index (κ2) is 6.03. The Labute approximate surface area is 126 Å². The Balaban J connectivity index is 1.70. The third-order valence-electron chi connectivity index (χ3n) is 4.23. The minimum atomic E-state index is 0.176. The van der Waals surface area contributed by atoms with Gasteiger partial charge in [-0.3, -0.25) is 9.69 Å². The molecule has 5 heteroatoms. The molecule has 0 atom stereocenters. The molecule has 0 bridgehead atoms. The van der Waals surface area contributed by atoms with E-state index in [-0.39, 0.29) is 5.91 Å². The van der Waals surface area contributed by atoms with E-state index in [0.717, 1.165) is 43.2 Å². The summed E-state index contributed by atoms with van der Waals surface area (Å²) in [5.41, 5.74) is 2.07. The number of carbonyl (C=O) groups excluding carboxylic acids is 1. The van der Waals surface area contributed by atoms with Crippen LogP contribution in [0.2, 0.25) is 0 Å². The first-order valence-electron chi connectivity index (χ1n) is 7.58. The average Bonchev–Trinajstić information content (AvgIpc) is 2.49. The van der Waals surface area contributed by atoms with E-state index in [9.17, 15) is 4.79 Å². The number of fused-ring (bicyclic) bond motifs is 1. The number of aryl methyl sites for hydroxylation is 1. The summed E-state index contributed by atoms with van der Waals surface area (Å²) >= 11 is 0. The lowest BCUT2D eigenvalue weighted by Gasteiger charge is -2.35. The predicted octanol–water partition coefficient (Wildman–Crippen LogP) is 0.968. The fraction of sp³-hybridized carbons (Fsp3) is 0.562. The van der Waals surface area contributed by atoms with Crippen molar-refractivity contribution in [2.75, 3.05) is 57.8 Å². The number of piperazine rings is 1. The molecule has 0 aliphatic carbocycles. The molecule has 114 valence electrons. The lowest BCUT2D eigenvalue weighted by atomic mass is 10.1. The summed E-state index contributed by atoms with van der Waals surface area (Å²) in [6.45, 7) is 7.76. The number of anilines is 1. The Morgan fingerprint density at radius 3 is 2.71 bits per heavy atom. The number of rotatable bonds is 2. The Bertz CT molecular complexity index is 524. The van der Waals surface area contributed by atoms with E-state index in [1.807, 2.05) is 30.0 Å². The minimum absolute atomic E-state index is 0.176. The highest BCUT2D eigenvalue weighted by molar-refractivity contribution is 5.96. The average molecular weight is 289 g/mol. The minimum Gasteiger partial charge on any atom is -0.490 e. The van der Waals surface area contributed by atoms with Gasteiger partial charge in [-0.15, -0.1) is 0 Å². The van der Waals surface area contributed by atoms with Crippen molar-refractivity contribution in [3.63, 3.8) is 0 Å². The number of hydrogen-bond donors (Lipinski definition) is 0. The zero-order valence-corrected chi connectivity index (χ0v) is 12.8. The molecule has 0 spiro atoms. The first-order chi connectivity index (χ1) is 10.1. The highest BCUT2D eigenvalue weighted by Gasteiger charge is 2.26. The fourth-order valence-corrected chi connectivity index (χ4v) is 2.87. The summed E-state index contributed by atoms with van der Waals surface area (Å²) < 4.78 is 5.65. The van der Waals surface area contributed by atoms with Gasteiger partial charge in [-0.1, -0.05) is 6.07 Å². The quantitative estimate of drug-likeness (QED) is 0.813. The van der Waals surface area contributed by atoms with Gasteiger partial charge in [0.25, 0.3) is 0 Å². The number of benzene rings is 1. The molecule has 1 saturated heterocycles. The van der Waals surface area contributed by atoms with E-state index < -0.39 is 0 Å². The van der Waals surface area contributed by atoms with Gasteiger partial charge in [0.05, 0.1) is 18.8 Å². The molecule has 2 aliphatic rings. The number of nitrogens with zero attached hydrogens (tertiary/aromatic N) is 3. The summed E-state index contributed by atoms with van der Waals surface area (Å²) in [4.78, 5) is 19.1. The third-order valence-corrected chi connectivity index (χ3v) is 4.23. The maximum Gasteiger partial charge on any atom is 0.241 e. The normalized spacial score (nSPS) is 20.0. The van der Waals surface area contributed by atoms with Crippen molar-refractivity contribution in [3.8, 4) is 5.75 Å². The molecule has 1 fully saturated rings. The molecule has 2 aliphatic heterocycles. The van der Waals surface area contributed by atoms with Crippen LogP contribution in [0.1, 0.15) is 5.56 Å². The molecule has 1 aromatic carbocycles. The van der Waals surface area contributed by atoms with Crippen LogP contribution in [-0.4, -0.2) is 68.6 Å². The maximum absolute atomic E-state index is 12.6. The van der Waals surface area contributed by atoms with Gasteiger partial charge in [-0.05, 0) is 31.7 Å². The van der Waals surface area contributed by atoms with Crippen LogP contribution in [0.15, 0.2) is 18.2 Å². The van der Waals surface area contributed by atoms with E-state index in [1.165, 1.54) is 0 Å². The van der Waals surface area contributed by atoms with Gasteiger partial charge < -0.3 is 14.5 Å². The zero-order chi connectivity index (χ0) is 14.8. The summed E-state index contributed by atoms with van der Waals surface area (Å²) in [5.74, 6) is 0.994. The molecule has 1 amide bonds. The van der Waals surface area contributed by atoms with Gasteiger partial charge in [-0.25, -0.2) is 0 Å². The molecule has 1 aromatic rings. The molecule has 2 heterocycles. The molecule has 0 unspecified atom stereocenters. The summed E-state index contributed by atoms with van der Waals surface area (Å²) in [7, 11) is 2.13. The Hall–Kier alpha value is -1.59. The van der Waals surface area contributed by atoms with Crippen LogP contribution in [0.3, 0.4) is 0 Å². The molecule has 0 aromatic heterocycles. The predicted molar refractivity (Wildman–Crippen MR) is 83.0 cm³/mol. The number of ether oxygens (including phenoxy) is 1. The second-order valence-corrected chi connectivity index (χ2v) is 5.94. The van der Waals surface area contributed by atoms with E-state index in [4.69, 9.17) is 4.74 Å². The van der Waals surface area contributed by atoms with Crippen molar-refractivity contribution >= 4 is 11.6 Å². The number of likely N-dealkylation sites (N-methyl/N-ethyl adjacent to an activating group) is 1.